The van der Waals surface area contributed by atoms with Gasteiger partial charge in [0.2, 0.25) is 5.89 Å². The molecule has 1 N–H and O–H groups in total. The lowest BCUT2D eigenvalue weighted by Crippen LogP contribution is -2.35. The molecule has 9 nitrogen and oxygen atoms in total. The highest BCUT2D eigenvalue weighted by Crippen LogP contribution is 2.31. The maximum atomic E-state index is 12.6. The molecule has 1 saturated heterocycles. The van der Waals surface area contributed by atoms with Gasteiger partial charge in [0.05, 0.1) is 17.9 Å². The summed E-state index contributed by atoms with van der Waals surface area (Å²) in [5, 5.41) is 10.6. The second kappa shape index (κ2) is 6.08. The Morgan fingerprint density at radius 1 is 1.32 bits per heavy atom. The predicted octanol–water partition coefficient (Wildman–Crippen LogP) is 3.30. The fraction of sp³-hybridized carbons (Fsp3) is 0.375. The number of aryl methyl sites for hydroxylation is 2. The van der Waals surface area contributed by atoms with Gasteiger partial charge in [-0.15, -0.1) is 0 Å². The summed E-state index contributed by atoms with van der Waals surface area (Å²) >= 11 is 0. The molecule has 3 aromatic heterocycles. The maximum absolute atomic E-state index is 12.6. The van der Waals surface area contributed by atoms with Crippen LogP contribution in [0.25, 0.3) is 11.3 Å². The van der Waals surface area contributed by atoms with E-state index < -0.39 is 0 Å². The summed E-state index contributed by atoms with van der Waals surface area (Å²) in [4.78, 5) is 18.5. The molecule has 1 aliphatic rings. The first kappa shape index (κ1) is 15.4. The lowest BCUT2D eigenvalue weighted by Gasteiger charge is -2.21. The Bertz CT molecular complexity index is 896. The van der Waals surface area contributed by atoms with Crippen molar-refractivity contribution in [3.8, 4) is 11.3 Å². The average molecular weight is 343 g/mol. The van der Waals surface area contributed by atoms with Crippen LogP contribution in [0.5, 0.6) is 0 Å². The highest BCUT2D eigenvalue weighted by atomic mass is 16.5. The first-order valence-corrected chi connectivity index (χ1v) is 8.01. The van der Waals surface area contributed by atoms with Gasteiger partial charge >= 0.3 is 6.03 Å². The van der Waals surface area contributed by atoms with Crippen LogP contribution in [0.1, 0.15) is 36.4 Å². The van der Waals surface area contributed by atoms with Gasteiger partial charge in [-0.1, -0.05) is 10.3 Å². The van der Waals surface area contributed by atoms with Crippen LogP contribution in [0, 0.1) is 13.8 Å². The van der Waals surface area contributed by atoms with Gasteiger partial charge in [-0.3, -0.25) is 5.32 Å². The molecule has 1 atom stereocenters. The zero-order valence-electron chi connectivity index (χ0n) is 13.9. The Labute approximate surface area is 143 Å². The highest BCUT2D eigenvalue weighted by Gasteiger charge is 2.33. The Hall–Kier alpha value is -3.10. The van der Waals surface area contributed by atoms with E-state index in [9.17, 15) is 4.79 Å². The first-order chi connectivity index (χ1) is 12.1. The molecule has 1 fully saturated rings. The quantitative estimate of drug-likeness (QED) is 0.776. The summed E-state index contributed by atoms with van der Waals surface area (Å²) in [6.07, 6.45) is 3.25. The summed E-state index contributed by atoms with van der Waals surface area (Å²) in [5.41, 5.74) is 0.800. The number of carbonyl (C=O) groups is 1. The van der Waals surface area contributed by atoms with Crippen molar-refractivity contribution in [3.05, 3.63) is 35.9 Å². The van der Waals surface area contributed by atoms with E-state index in [0.29, 0.717) is 29.8 Å². The van der Waals surface area contributed by atoms with E-state index >= 15 is 0 Å². The van der Waals surface area contributed by atoms with E-state index in [1.165, 1.54) is 0 Å². The minimum Gasteiger partial charge on any atom is -0.469 e. The molecular weight excluding hydrogens is 326 g/mol. The summed E-state index contributed by atoms with van der Waals surface area (Å²) in [6, 6.07) is 2.99. The van der Waals surface area contributed by atoms with Gasteiger partial charge in [0.15, 0.2) is 17.4 Å². The summed E-state index contributed by atoms with van der Waals surface area (Å²) in [5.74, 6) is 2.61. The molecule has 4 heterocycles. The largest absolute Gasteiger partial charge is 0.469 e. The van der Waals surface area contributed by atoms with Crippen LogP contribution in [0.2, 0.25) is 0 Å². The average Bonchev–Trinajstić information content (AvgIpc) is 3.33. The van der Waals surface area contributed by atoms with Gasteiger partial charge in [0.1, 0.15) is 5.76 Å². The van der Waals surface area contributed by atoms with Crippen molar-refractivity contribution in [2.75, 3.05) is 11.9 Å². The minimum absolute atomic E-state index is 0.195. The molecule has 0 saturated carbocycles. The molecule has 0 aromatic carbocycles. The number of hydrogen-bond donors (Lipinski definition) is 1. The van der Waals surface area contributed by atoms with E-state index in [2.05, 4.69) is 20.6 Å². The standard InChI is InChI=1S/C16H17N5O4/c1-9-11(5-7-23-9)13-8-14(19-25-13)18-16(22)21-6-3-4-12(21)15-17-10(2)24-20-15/h5,7-8,12H,3-4,6H2,1-2H3,(H,18,19,22)/t12-/m0/s1. The zero-order valence-corrected chi connectivity index (χ0v) is 13.9. The SMILES string of the molecule is Cc1nc([C@@H]2CCCN2C(=O)Nc2cc(-c3ccoc3C)on2)no1. The Morgan fingerprint density at radius 2 is 2.20 bits per heavy atom. The molecule has 3 aromatic rings. The topological polar surface area (TPSA) is 110 Å². The number of anilines is 1. The number of nitrogens with one attached hydrogen (secondary N) is 1. The van der Waals surface area contributed by atoms with Crippen LogP contribution in [0.3, 0.4) is 0 Å². The normalized spacial score (nSPS) is 17.2. The third-order valence-electron chi connectivity index (χ3n) is 4.22. The number of carbonyl (C=O) groups excluding carboxylic acids is 1. The van der Waals surface area contributed by atoms with Gasteiger partial charge in [-0.05, 0) is 25.8 Å². The second-order valence-corrected chi connectivity index (χ2v) is 5.92. The molecule has 0 radical (unpaired) electrons. The van der Waals surface area contributed by atoms with Crippen LogP contribution in [0.15, 0.2) is 31.9 Å². The fourth-order valence-electron chi connectivity index (χ4n) is 3.01. The fourth-order valence-corrected chi connectivity index (χ4v) is 3.01. The zero-order chi connectivity index (χ0) is 17.4. The molecule has 2 amide bonds. The van der Waals surface area contributed by atoms with Crippen LogP contribution >= 0.6 is 0 Å². The van der Waals surface area contributed by atoms with Gasteiger partial charge in [0, 0.05) is 19.5 Å². The third-order valence-corrected chi connectivity index (χ3v) is 4.22. The number of rotatable bonds is 3. The van der Waals surface area contributed by atoms with Crippen molar-refractivity contribution in [1.29, 1.82) is 0 Å². The van der Waals surface area contributed by atoms with Crippen molar-refractivity contribution in [1.82, 2.24) is 20.2 Å². The van der Waals surface area contributed by atoms with E-state index in [0.717, 1.165) is 24.2 Å². The lowest BCUT2D eigenvalue weighted by molar-refractivity contribution is 0.203. The van der Waals surface area contributed by atoms with Crippen molar-refractivity contribution < 1.29 is 18.3 Å². The van der Waals surface area contributed by atoms with Gasteiger partial charge in [0.25, 0.3) is 0 Å². The molecule has 0 aliphatic carbocycles. The van der Waals surface area contributed by atoms with Crippen molar-refractivity contribution >= 4 is 11.8 Å². The maximum Gasteiger partial charge on any atom is 0.323 e. The molecule has 1 aliphatic heterocycles. The number of hydrogen-bond acceptors (Lipinski definition) is 7. The molecule has 25 heavy (non-hydrogen) atoms. The smallest absolute Gasteiger partial charge is 0.323 e. The van der Waals surface area contributed by atoms with Crippen molar-refractivity contribution in [2.45, 2.75) is 32.7 Å². The van der Waals surface area contributed by atoms with Crippen molar-refractivity contribution in [2.24, 2.45) is 0 Å². The van der Waals surface area contributed by atoms with Crippen molar-refractivity contribution in [3.63, 3.8) is 0 Å². The van der Waals surface area contributed by atoms with Crippen LogP contribution < -0.4 is 5.32 Å². The van der Waals surface area contributed by atoms with Gasteiger partial charge < -0.3 is 18.4 Å². The number of nitrogens with zero attached hydrogens (tertiary/aromatic N) is 4. The third kappa shape index (κ3) is 2.88. The number of aromatic nitrogens is 3. The van der Waals surface area contributed by atoms with E-state index in [1.807, 2.05) is 6.92 Å². The van der Waals surface area contributed by atoms with Crippen LogP contribution in [0.4, 0.5) is 10.6 Å². The molecule has 0 spiro atoms. The number of urea groups is 1. The molecule has 9 heteroatoms. The molecule has 4 rings (SSSR count). The minimum atomic E-state index is -0.270. The van der Waals surface area contributed by atoms with Gasteiger partial charge in [-0.25, -0.2) is 4.79 Å². The van der Waals surface area contributed by atoms with Crippen LogP contribution in [-0.4, -0.2) is 32.8 Å². The Kier molecular flexibility index (Phi) is 3.75. The predicted molar refractivity (Wildman–Crippen MR) is 85.7 cm³/mol. The summed E-state index contributed by atoms with van der Waals surface area (Å²) in [7, 11) is 0. The first-order valence-electron chi connectivity index (χ1n) is 8.01. The monoisotopic (exact) mass is 343 g/mol. The number of furan rings is 1. The van der Waals surface area contributed by atoms with E-state index in [4.69, 9.17) is 13.5 Å². The second-order valence-electron chi connectivity index (χ2n) is 5.92. The molecular formula is C16H17N5O4. The molecule has 130 valence electrons. The molecule has 0 bridgehead atoms. The number of amides is 2. The highest BCUT2D eigenvalue weighted by molar-refractivity contribution is 5.89. The van der Waals surface area contributed by atoms with Gasteiger partial charge in [-0.2, -0.15) is 4.98 Å². The Balaban J connectivity index is 1.48. The van der Waals surface area contributed by atoms with E-state index in [1.54, 1.807) is 30.2 Å². The number of likely N-dealkylation sites (tertiary alicyclic amines) is 1. The van der Waals surface area contributed by atoms with Crippen LogP contribution in [-0.2, 0) is 0 Å². The summed E-state index contributed by atoms with van der Waals surface area (Å²) < 4.78 is 15.6. The lowest BCUT2D eigenvalue weighted by atomic mass is 10.2. The van der Waals surface area contributed by atoms with E-state index in [-0.39, 0.29) is 12.1 Å². The Morgan fingerprint density at radius 3 is 2.92 bits per heavy atom. The summed E-state index contributed by atoms with van der Waals surface area (Å²) in [6.45, 7) is 4.18. The molecule has 0 unspecified atom stereocenters.